The molecule has 1 saturated carbocycles. The van der Waals surface area contributed by atoms with Crippen LogP contribution in [0.4, 0.5) is 24.7 Å². The van der Waals surface area contributed by atoms with Crippen LogP contribution in [0.3, 0.4) is 0 Å². The van der Waals surface area contributed by atoms with Crippen molar-refractivity contribution in [1.82, 2.24) is 19.4 Å². The molecule has 2 fully saturated rings. The van der Waals surface area contributed by atoms with Gasteiger partial charge in [0.25, 0.3) is 17.6 Å². The van der Waals surface area contributed by atoms with Gasteiger partial charge in [0.1, 0.15) is 5.69 Å². The van der Waals surface area contributed by atoms with E-state index in [2.05, 4.69) is 37.4 Å². The number of hydrogen-bond acceptors (Lipinski definition) is 5. The summed E-state index contributed by atoms with van der Waals surface area (Å²) in [7, 11) is 0. The summed E-state index contributed by atoms with van der Waals surface area (Å²) in [5.41, 5.74) is 2.94. The second-order valence-corrected chi connectivity index (χ2v) is 11.6. The largest absolute Gasteiger partial charge is 0.416 e. The van der Waals surface area contributed by atoms with E-state index in [1.54, 1.807) is 35.0 Å². The lowest BCUT2D eigenvalue weighted by molar-refractivity contribution is -0.327. The molecule has 1 aliphatic heterocycles. The molecular weight excluding hydrogens is 571 g/mol. The van der Waals surface area contributed by atoms with Crippen LogP contribution in [0.15, 0.2) is 54.7 Å². The Labute approximate surface area is 253 Å². The fraction of sp³-hybridized carbons (Fsp3) is 0.375. The number of H-pyrrole nitrogens is 1. The fourth-order valence-corrected chi connectivity index (χ4v) is 5.50. The number of aromatic nitrogens is 3. The van der Waals surface area contributed by atoms with Gasteiger partial charge < -0.3 is 10.2 Å². The fourth-order valence-electron chi connectivity index (χ4n) is 5.50. The maximum atomic E-state index is 13.8. The molecule has 9 nitrogen and oxygen atoms in total. The number of carbonyl (C=O) groups excluding carboxylic acids is 2. The number of nitrogens with one attached hydrogen (secondary N) is 3. The molecule has 0 spiro atoms. The third-order valence-electron chi connectivity index (χ3n) is 8.25. The molecule has 3 N–H and O–H groups in total. The Morgan fingerprint density at radius 1 is 0.977 bits per heavy atom. The van der Waals surface area contributed by atoms with E-state index < -0.39 is 17.6 Å². The molecule has 44 heavy (non-hydrogen) atoms. The first-order valence-electron chi connectivity index (χ1n) is 14.9. The van der Waals surface area contributed by atoms with Crippen molar-refractivity contribution in [2.24, 2.45) is 5.92 Å². The molecular formula is C32H35F3N7O2+. The van der Waals surface area contributed by atoms with Crippen LogP contribution in [0.5, 0.6) is 0 Å². The number of halogens is 3. The molecule has 4 aromatic rings. The van der Waals surface area contributed by atoms with Crippen molar-refractivity contribution in [2.45, 2.75) is 39.4 Å². The minimum atomic E-state index is -4.55. The number of anilines is 2. The van der Waals surface area contributed by atoms with E-state index >= 15 is 0 Å². The second-order valence-electron chi connectivity index (χ2n) is 11.6. The molecule has 1 saturated heterocycles. The SMILES string of the molecule is CCN1CCN(Cc2cc(NC(=O)c3ccc(C)c(-c4ccc5[nH+]c(NC(=O)C6CC6)cn5n4)c3)cc(C(F)(F)F)c2)CC1. The Morgan fingerprint density at radius 2 is 1.73 bits per heavy atom. The number of alkyl halides is 3. The van der Waals surface area contributed by atoms with Crippen molar-refractivity contribution in [2.75, 3.05) is 43.4 Å². The Kier molecular flexibility index (Phi) is 8.12. The lowest BCUT2D eigenvalue weighted by Crippen LogP contribution is -2.45. The summed E-state index contributed by atoms with van der Waals surface area (Å²) < 4.78 is 43.1. The Balaban J connectivity index is 1.22. The number of nitrogens with zero attached hydrogens (tertiary/aromatic N) is 4. The zero-order valence-corrected chi connectivity index (χ0v) is 24.7. The minimum absolute atomic E-state index is 0.0189. The summed E-state index contributed by atoms with van der Waals surface area (Å²) in [6.07, 6.45) is -1.05. The van der Waals surface area contributed by atoms with E-state index in [9.17, 15) is 22.8 Å². The first kappa shape index (κ1) is 29.8. The molecule has 1 aliphatic carbocycles. The summed E-state index contributed by atoms with van der Waals surface area (Å²) in [6, 6.07) is 12.5. The average Bonchev–Trinajstić information content (AvgIpc) is 3.77. The van der Waals surface area contributed by atoms with Crippen LogP contribution in [-0.2, 0) is 17.5 Å². The molecule has 2 aromatic carbocycles. The molecule has 6 rings (SSSR count). The lowest BCUT2D eigenvalue weighted by Gasteiger charge is -2.34. The number of fused-ring (bicyclic) bond motifs is 1. The number of rotatable bonds is 8. The Morgan fingerprint density at radius 3 is 2.43 bits per heavy atom. The van der Waals surface area contributed by atoms with Crippen LogP contribution in [-0.4, -0.2) is 64.0 Å². The topological polar surface area (TPSA) is 96.1 Å². The number of aromatic amines is 1. The summed E-state index contributed by atoms with van der Waals surface area (Å²) in [4.78, 5) is 33.1. The third-order valence-corrected chi connectivity index (χ3v) is 8.25. The van der Waals surface area contributed by atoms with Gasteiger partial charge in [0.2, 0.25) is 5.65 Å². The van der Waals surface area contributed by atoms with Gasteiger partial charge in [-0.2, -0.15) is 13.2 Å². The van der Waals surface area contributed by atoms with Crippen LogP contribution in [0.25, 0.3) is 16.9 Å². The summed E-state index contributed by atoms with van der Waals surface area (Å²) in [5, 5.41) is 10.2. The number of carbonyl (C=O) groups is 2. The molecule has 0 atom stereocenters. The standard InChI is InChI=1S/C32H34F3N7O2/c1-3-40-10-12-41(13-11-40)18-21-14-24(32(33,34)35)17-25(15-21)36-31(44)23-5-4-20(2)26(16-23)27-8-9-29-37-28(19-42(29)39-27)38-30(43)22-6-7-22/h4-5,8-9,14-17,19,22H,3,6-7,10-13,18H2,1-2H3,(H,36,44)(H,38,43)/p+1. The number of benzene rings is 2. The maximum Gasteiger partial charge on any atom is 0.416 e. The number of likely N-dealkylation sites (N-methyl/N-ethyl adjacent to an activating group) is 1. The molecule has 12 heteroatoms. The second kappa shape index (κ2) is 12.0. The van der Waals surface area contributed by atoms with Crippen molar-refractivity contribution in [3.05, 3.63) is 77.0 Å². The van der Waals surface area contributed by atoms with Gasteiger partial charge in [-0.25, -0.2) is 10.3 Å². The molecule has 0 radical (unpaired) electrons. The van der Waals surface area contributed by atoms with Gasteiger partial charge >= 0.3 is 6.18 Å². The van der Waals surface area contributed by atoms with Crippen molar-refractivity contribution in [3.8, 4) is 11.3 Å². The van der Waals surface area contributed by atoms with Gasteiger partial charge in [0, 0.05) is 55.6 Å². The average molecular weight is 607 g/mol. The van der Waals surface area contributed by atoms with E-state index in [1.807, 2.05) is 19.1 Å². The number of hydrogen-bond donors (Lipinski definition) is 2. The van der Waals surface area contributed by atoms with Crippen LogP contribution in [0, 0.1) is 12.8 Å². The van der Waals surface area contributed by atoms with E-state index in [0.29, 0.717) is 40.4 Å². The highest BCUT2D eigenvalue weighted by Crippen LogP contribution is 2.33. The molecule has 0 unspecified atom stereocenters. The highest BCUT2D eigenvalue weighted by atomic mass is 19.4. The van der Waals surface area contributed by atoms with Crippen LogP contribution in [0.1, 0.15) is 46.8 Å². The van der Waals surface area contributed by atoms with Crippen molar-refractivity contribution < 1.29 is 27.7 Å². The predicted molar refractivity (Wildman–Crippen MR) is 160 cm³/mol. The number of amides is 2. The van der Waals surface area contributed by atoms with Crippen molar-refractivity contribution in [3.63, 3.8) is 0 Å². The predicted octanol–water partition coefficient (Wildman–Crippen LogP) is 4.88. The first-order valence-corrected chi connectivity index (χ1v) is 14.9. The van der Waals surface area contributed by atoms with E-state index in [1.165, 1.54) is 0 Å². The van der Waals surface area contributed by atoms with E-state index in [0.717, 1.165) is 63.3 Å². The number of piperazine rings is 1. The first-order chi connectivity index (χ1) is 21.1. The normalized spacial score (nSPS) is 16.3. The summed E-state index contributed by atoms with van der Waals surface area (Å²) in [6.45, 7) is 8.60. The smallest absolute Gasteiger partial charge is 0.322 e. The van der Waals surface area contributed by atoms with Gasteiger partial charge in [-0.1, -0.05) is 13.0 Å². The number of imidazole rings is 1. The van der Waals surface area contributed by atoms with Crippen molar-refractivity contribution in [1.29, 1.82) is 0 Å². The van der Waals surface area contributed by atoms with Crippen LogP contribution >= 0.6 is 0 Å². The number of aryl methyl sites for hydroxylation is 1. The van der Waals surface area contributed by atoms with Crippen LogP contribution in [0.2, 0.25) is 0 Å². The summed E-state index contributed by atoms with van der Waals surface area (Å²) >= 11 is 0. The summed E-state index contributed by atoms with van der Waals surface area (Å²) in [5.74, 6) is 0.0685. The van der Waals surface area contributed by atoms with E-state index in [4.69, 9.17) is 0 Å². The molecule has 3 heterocycles. The maximum absolute atomic E-state index is 13.8. The van der Waals surface area contributed by atoms with Gasteiger partial charge in [0.05, 0.1) is 11.5 Å². The zero-order valence-electron chi connectivity index (χ0n) is 24.7. The molecule has 230 valence electrons. The molecule has 2 aromatic heterocycles. The Hall–Kier alpha value is -4.29. The van der Waals surface area contributed by atoms with Gasteiger partial charge in [-0.15, -0.1) is 9.61 Å². The molecule has 0 bridgehead atoms. The lowest BCUT2D eigenvalue weighted by atomic mass is 10.0. The van der Waals surface area contributed by atoms with Gasteiger partial charge in [-0.05, 0) is 73.8 Å². The Bertz CT molecular complexity index is 1710. The van der Waals surface area contributed by atoms with Crippen molar-refractivity contribution >= 4 is 29.0 Å². The highest BCUT2D eigenvalue weighted by molar-refractivity contribution is 6.05. The third kappa shape index (κ3) is 6.76. The van der Waals surface area contributed by atoms with E-state index in [-0.39, 0.29) is 17.5 Å². The quantitative estimate of drug-likeness (QED) is 0.298. The molecule has 2 amide bonds. The monoisotopic (exact) mass is 606 g/mol. The zero-order chi connectivity index (χ0) is 31.0. The minimum Gasteiger partial charge on any atom is -0.322 e. The molecule has 2 aliphatic rings. The van der Waals surface area contributed by atoms with Crippen LogP contribution < -0.4 is 15.6 Å². The van der Waals surface area contributed by atoms with Gasteiger partial charge in [0.15, 0.2) is 6.20 Å². The van der Waals surface area contributed by atoms with Gasteiger partial charge in [-0.3, -0.25) is 14.5 Å². The highest BCUT2D eigenvalue weighted by Gasteiger charge is 2.33.